The van der Waals surface area contributed by atoms with Crippen molar-refractivity contribution in [1.29, 1.82) is 0 Å². The highest BCUT2D eigenvalue weighted by Gasteiger charge is 2.00. The average Bonchev–Trinajstić information content (AvgIpc) is 2.33. The molecule has 3 nitrogen and oxygen atoms in total. The van der Waals surface area contributed by atoms with Gasteiger partial charge < -0.3 is 15.0 Å². The molecule has 0 aliphatic heterocycles. The van der Waals surface area contributed by atoms with E-state index in [1.54, 1.807) is 7.11 Å². The molecule has 1 aromatic rings. The topological polar surface area (TPSA) is 24.5 Å². The second-order valence-electron chi connectivity index (χ2n) is 4.82. The maximum absolute atomic E-state index is 4.99. The monoisotopic (exact) mass is 250 g/mol. The van der Waals surface area contributed by atoms with E-state index >= 15 is 0 Å². The van der Waals surface area contributed by atoms with Gasteiger partial charge in [0.25, 0.3) is 0 Å². The molecule has 0 bridgehead atoms. The number of aryl methyl sites for hydroxylation is 1. The number of nitrogens with zero attached hydrogens (tertiary/aromatic N) is 1. The van der Waals surface area contributed by atoms with Crippen LogP contribution in [0.5, 0.6) is 0 Å². The molecule has 0 heterocycles. The van der Waals surface area contributed by atoms with E-state index < -0.39 is 0 Å². The molecule has 18 heavy (non-hydrogen) atoms. The summed E-state index contributed by atoms with van der Waals surface area (Å²) in [5, 5.41) is 3.36. The second kappa shape index (κ2) is 9.09. The first-order valence-electron chi connectivity index (χ1n) is 6.66. The van der Waals surface area contributed by atoms with Crippen molar-refractivity contribution in [3.63, 3.8) is 0 Å². The highest BCUT2D eigenvalue weighted by atomic mass is 16.5. The fourth-order valence-corrected chi connectivity index (χ4v) is 1.97. The lowest BCUT2D eigenvalue weighted by atomic mass is 10.1. The van der Waals surface area contributed by atoms with Crippen LogP contribution in [0.1, 0.15) is 17.5 Å². The third kappa shape index (κ3) is 6.74. The van der Waals surface area contributed by atoms with E-state index in [2.05, 4.69) is 48.5 Å². The highest BCUT2D eigenvalue weighted by Crippen LogP contribution is 2.06. The third-order valence-corrected chi connectivity index (χ3v) is 2.91. The van der Waals surface area contributed by atoms with Crippen molar-refractivity contribution in [3.8, 4) is 0 Å². The summed E-state index contributed by atoms with van der Waals surface area (Å²) in [6.45, 7) is 7.08. The molecule has 0 radical (unpaired) electrons. The third-order valence-electron chi connectivity index (χ3n) is 2.91. The van der Waals surface area contributed by atoms with Crippen LogP contribution in [0.15, 0.2) is 24.3 Å². The molecule has 1 aromatic carbocycles. The van der Waals surface area contributed by atoms with Crippen molar-refractivity contribution in [2.24, 2.45) is 0 Å². The predicted octanol–water partition coefficient (Wildman–Crippen LogP) is 2.05. The van der Waals surface area contributed by atoms with Crippen LogP contribution in [0.4, 0.5) is 0 Å². The summed E-state index contributed by atoms with van der Waals surface area (Å²) in [5.41, 5.74) is 2.73. The molecule has 0 aliphatic carbocycles. The molecule has 0 fully saturated rings. The molecule has 0 aliphatic rings. The molecule has 0 spiro atoms. The van der Waals surface area contributed by atoms with E-state index in [-0.39, 0.29) is 0 Å². The van der Waals surface area contributed by atoms with Crippen LogP contribution in [-0.4, -0.2) is 45.3 Å². The molecule has 1 rings (SSSR count). The number of benzene rings is 1. The second-order valence-corrected chi connectivity index (χ2v) is 4.82. The van der Waals surface area contributed by atoms with Crippen molar-refractivity contribution in [2.75, 3.05) is 40.4 Å². The van der Waals surface area contributed by atoms with Crippen molar-refractivity contribution < 1.29 is 4.74 Å². The molecular weight excluding hydrogens is 224 g/mol. The maximum Gasteiger partial charge on any atom is 0.0587 e. The Morgan fingerprint density at radius 1 is 1.28 bits per heavy atom. The summed E-state index contributed by atoms with van der Waals surface area (Å²) >= 11 is 0. The van der Waals surface area contributed by atoms with Gasteiger partial charge in [-0.2, -0.15) is 0 Å². The molecule has 0 atom stereocenters. The Bertz CT molecular complexity index is 328. The smallest absolute Gasteiger partial charge is 0.0587 e. The molecule has 1 N–H and O–H groups in total. The zero-order valence-corrected chi connectivity index (χ0v) is 11.9. The van der Waals surface area contributed by atoms with Crippen molar-refractivity contribution in [2.45, 2.75) is 19.9 Å². The van der Waals surface area contributed by atoms with Gasteiger partial charge in [0.05, 0.1) is 6.61 Å². The van der Waals surface area contributed by atoms with E-state index in [0.717, 1.165) is 32.8 Å². The van der Waals surface area contributed by atoms with Crippen molar-refractivity contribution >= 4 is 0 Å². The van der Waals surface area contributed by atoms with Gasteiger partial charge >= 0.3 is 0 Å². The summed E-state index contributed by atoms with van der Waals surface area (Å²) in [7, 11) is 3.91. The molecule has 0 amide bonds. The lowest BCUT2D eigenvalue weighted by Crippen LogP contribution is -2.25. The number of hydrogen-bond acceptors (Lipinski definition) is 3. The molecule has 0 saturated heterocycles. The standard InChI is InChI=1S/C15H26N2O/c1-14-6-4-7-15(12-14)13-17(2)10-5-8-16-9-11-18-3/h4,6-7,12,16H,5,8-11,13H2,1-3H3. The Labute approximate surface area is 111 Å². The zero-order valence-electron chi connectivity index (χ0n) is 11.9. The first kappa shape index (κ1) is 15.2. The highest BCUT2D eigenvalue weighted by molar-refractivity contribution is 5.21. The largest absolute Gasteiger partial charge is 0.383 e. The molecule has 3 heteroatoms. The van der Waals surface area contributed by atoms with Gasteiger partial charge in [-0.3, -0.25) is 0 Å². The van der Waals surface area contributed by atoms with Gasteiger partial charge in [-0.15, -0.1) is 0 Å². The molecule has 0 aromatic heterocycles. The van der Waals surface area contributed by atoms with Crippen LogP contribution in [0.25, 0.3) is 0 Å². The summed E-state index contributed by atoms with van der Waals surface area (Å²) in [4.78, 5) is 2.37. The van der Waals surface area contributed by atoms with Crippen LogP contribution >= 0.6 is 0 Å². The Hall–Kier alpha value is -0.900. The zero-order chi connectivity index (χ0) is 13.2. The van der Waals surface area contributed by atoms with Gasteiger partial charge in [-0.1, -0.05) is 29.8 Å². The Morgan fingerprint density at radius 2 is 2.11 bits per heavy atom. The van der Waals surface area contributed by atoms with Gasteiger partial charge in [0.1, 0.15) is 0 Å². The minimum absolute atomic E-state index is 0.791. The van der Waals surface area contributed by atoms with Crippen LogP contribution in [0.3, 0.4) is 0 Å². The fourth-order valence-electron chi connectivity index (χ4n) is 1.97. The Kier molecular flexibility index (Phi) is 7.65. The van der Waals surface area contributed by atoms with E-state index in [9.17, 15) is 0 Å². The lowest BCUT2D eigenvalue weighted by molar-refractivity contribution is 0.198. The van der Waals surface area contributed by atoms with Crippen molar-refractivity contribution in [1.82, 2.24) is 10.2 Å². The first-order chi connectivity index (χ1) is 8.72. The van der Waals surface area contributed by atoms with E-state index in [4.69, 9.17) is 4.74 Å². The number of hydrogen-bond donors (Lipinski definition) is 1. The van der Waals surface area contributed by atoms with Crippen LogP contribution in [-0.2, 0) is 11.3 Å². The molecule has 102 valence electrons. The normalized spacial score (nSPS) is 11.1. The Balaban J connectivity index is 2.12. The summed E-state index contributed by atoms with van der Waals surface area (Å²) < 4.78 is 4.99. The summed E-state index contributed by atoms with van der Waals surface area (Å²) in [6, 6.07) is 8.72. The summed E-state index contributed by atoms with van der Waals surface area (Å²) in [5.74, 6) is 0. The minimum atomic E-state index is 0.791. The average molecular weight is 250 g/mol. The van der Waals surface area contributed by atoms with E-state index in [0.29, 0.717) is 0 Å². The Morgan fingerprint density at radius 3 is 2.83 bits per heavy atom. The molecular formula is C15H26N2O. The van der Waals surface area contributed by atoms with Gasteiger partial charge in [0, 0.05) is 20.2 Å². The number of methoxy groups -OCH3 is 1. The van der Waals surface area contributed by atoms with Gasteiger partial charge in [0.15, 0.2) is 0 Å². The first-order valence-corrected chi connectivity index (χ1v) is 6.66. The van der Waals surface area contributed by atoms with Crippen LogP contribution in [0.2, 0.25) is 0 Å². The van der Waals surface area contributed by atoms with Gasteiger partial charge in [-0.25, -0.2) is 0 Å². The van der Waals surface area contributed by atoms with E-state index in [1.165, 1.54) is 17.5 Å². The molecule has 0 saturated carbocycles. The fraction of sp³-hybridized carbons (Fsp3) is 0.600. The van der Waals surface area contributed by atoms with Crippen molar-refractivity contribution in [3.05, 3.63) is 35.4 Å². The van der Waals surface area contributed by atoms with Crippen LogP contribution in [0, 0.1) is 6.92 Å². The minimum Gasteiger partial charge on any atom is -0.383 e. The predicted molar refractivity (Wildman–Crippen MR) is 76.9 cm³/mol. The van der Waals surface area contributed by atoms with Crippen LogP contribution < -0.4 is 5.32 Å². The van der Waals surface area contributed by atoms with Gasteiger partial charge in [0.2, 0.25) is 0 Å². The van der Waals surface area contributed by atoms with Gasteiger partial charge in [-0.05, 0) is 39.0 Å². The quantitative estimate of drug-likeness (QED) is 0.679. The molecule has 0 unspecified atom stereocenters. The lowest BCUT2D eigenvalue weighted by Gasteiger charge is -2.17. The SMILES string of the molecule is COCCNCCCN(C)Cc1cccc(C)c1. The van der Waals surface area contributed by atoms with E-state index in [1.807, 2.05) is 0 Å². The number of rotatable bonds is 9. The maximum atomic E-state index is 4.99. The number of ether oxygens (including phenoxy) is 1. The number of nitrogens with one attached hydrogen (secondary N) is 1. The summed E-state index contributed by atoms with van der Waals surface area (Å²) in [6.07, 6.45) is 1.17.